The highest BCUT2D eigenvalue weighted by molar-refractivity contribution is 5.82. The predicted molar refractivity (Wildman–Crippen MR) is 162 cm³/mol. The molecule has 6 heteroatoms. The smallest absolute Gasteiger partial charge is 0.119 e. The van der Waals surface area contributed by atoms with Crippen molar-refractivity contribution in [1.82, 2.24) is 5.32 Å². The molecule has 1 saturated heterocycles. The highest BCUT2D eigenvalue weighted by atomic mass is 16.5. The van der Waals surface area contributed by atoms with Crippen LogP contribution < -0.4 is 10.1 Å². The fourth-order valence-electron chi connectivity index (χ4n) is 5.35. The van der Waals surface area contributed by atoms with Gasteiger partial charge >= 0.3 is 0 Å². The summed E-state index contributed by atoms with van der Waals surface area (Å²) in [5, 5.41) is 15.2. The molecule has 5 rings (SSSR count). The number of rotatable bonds is 15. The van der Waals surface area contributed by atoms with Crippen molar-refractivity contribution in [2.45, 2.75) is 44.2 Å². The molecule has 4 aromatic rings. The van der Waals surface area contributed by atoms with E-state index in [2.05, 4.69) is 72.0 Å². The Kier molecular flexibility index (Phi) is 11.2. The third-order valence-corrected chi connectivity index (χ3v) is 7.48. The number of benzene rings is 4. The fraction of sp³-hybridized carbons (Fsp3) is 0.371. The molecule has 0 bridgehead atoms. The minimum Gasteiger partial charge on any atom is -0.494 e. The Hall–Kier alpha value is -3.26. The Balaban J connectivity index is 1.17. The van der Waals surface area contributed by atoms with E-state index in [4.69, 9.17) is 18.9 Å². The zero-order valence-corrected chi connectivity index (χ0v) is 23.6. The Morgan fingerprint density at radius 1 is 0.659 bits per heavy atom. The Bertz CT molecular complexity index is 1310. The summed E-state index contributed by atoms with van der Waals surface area (Å²) in [6, 6.07) is 33.4. The lowest BCUT2D eigenvalue weighted by Crippen LogP contribution is -2.50. The minimum atomic E-state index is -0.0529. The molecule has 216 valence electrons. The van der Waals surface area contributed by atoms with E-state index in [0.29, 0.717) is 39.5 Å². The van der Waals surface area contributed by atoms with Gasteiger partial charge in [-0.25, -0.2) is 0 Å². The second kappa shape index (κ2) is 15.7. The second-order valence-corrected chi connectivity index (χ2v) is 10.5. The zero-order chi connectivity index (χ0) is 28.1. The molecular weight excluding hydrogens is 514 g/mol. The van der Waals surface area contributed by atoms with Gasteiger partial charge in [-0.05, 0) is 52.1 Å². The lowest BCUT2D eigenvalue weighted by atomic mass is 9.85. The van der Waals surface area contributed by atoms with Gasteiger partial charge in [-0.15, -0.1) is 0 Å². The maximum absolute atomic E-state index is 9.28. The number of fused-ring (bicyclic) bond motifs is 1. The first-order valence-electron chi connectivity index (χ1n) is 14.7. The van der Waals surface area contributed by atoms with E-state index >= 15 is 0 Å². The van der Waals surface area contributed by atoms with Crippen LogP contribution in [0, 0.1) is 0 Å². The fourth-order valence-corrected chi connectivity index (χ4v) is 5.35. The summed E-state index contributed by atoms with van der Waals surface area (Å²) in [6.07, 6.45) is 1.34. The summed E-state index contributed by atoms with van der Waals surface area (Å²) in [5.41, 5.74) is 3.50. The van der Waals surface area contributed by atoms with Gasteiger partial charge in [0, 0.05) is 38.6 Å². The lowest BCUT2D eigenvalue weighted by molar-refractivity contribution is -0.0616. The van der Waals surface area contributed by atoms with Crippen LogP contribution in [0.15, 0.2) is 97.1 Å². The minimum absolute atomic E-state index is 0.0505. The van der Waals surface area contributed by atoms with Crippen LogP contribution in [0.4, 0.5) is 0 Å². The van der Waals surface area contributed by atoms with Crippen LogP contribution in [0.3, 0.4) is 0 Å². The number of aliphatic hydroxyl groups is 1. The number of hydrogen-bond donors (Lipinski definition) is 2. The van der Waals surface area contributed by atoms with Crippen LogP contribution in [0.2, 0.25) is 0 Å². The van der Waals surface area contributed by atoms with Gasteiger partial charge in [0.25, 0.3) is 0 Å². The van der Waals surface area contributed by atoms with Gasteiger partial charge in [-0.1, -0.05) is 78.9 Å². The molecule has 3 atom stereocenters. The van der Waals surface area contributed by atoms with E-state index < -0.39 is 0 Å². The summed E-state index contributed by atoms with van der Waals surface area (Å²) < 4.78 is 24.6. The molecule has 0 spiro atoms. The standard InChI is InChI=1S/C35H41NO5/c37-18-6-20-40-33-23-36-24-34(41-26-28-12-13-29-10-4-5-11-31(29)22-28)35(33)30-14-16-32(17-15-30)39-21-7-19-38-25-27-8-2-1-3-9-27/h1-5,8-17,22,33-37H,6-7,18-21,23-26H2. The van der Waals surface area contributed by atoms with E-state index in [-0.39, 0.29) is 24.7 Å². The molecule has 6 nitrogen and oxygen atoms in total. The van der Waals surface area contributed by atoms with Crippen molar-refractivity contribution in [3.05, 3.63) is 114 Å². The third kappa shape index (κ3) is 8.62. The van der Waals surface area contributed by atoms with E-state index in [0.717, 1.165) is 30.8 Å². The monoisotopic (exact) mass is 555 g/mol. The molecule has 1 aliphatic rings. The highest BCUT2D eigenvalue weighted by Crippen LogP contribution is 2.32. The summed E-state index contributed by atoms with van der Waals surface area (Å²) in [6.45, 7) is 4.55. The summed E-state index contributed by atoms with van der Waals surface area (Å²) in [7, 11) is 0. The lowest BCUT2D eigenvalue weighted by Gasteiger charge is -2.39. The van der Waals surface area contributed by atoms with Crippen LogP contribution in [0.1, 0.15) is 35.4 Å². The number of piperidine rings is 1. The molecule has 41 heavy (non-hydrogen) atoms. The van der Waals surface area contributed by atoms with Crippen LogP contribution in [0.5, 0.6) is 5.75 Å². The quantitative estimate of drug-likeness (QED) is 0.179. The van der Waals surface area contributed by atoms with Gasteiger partial charge in [0.2, 0.25) is 0 Å². The third-order valence-electron chi connectivity index (χ3n) is 7.48. The highest BCUT2D eigenvalue weighted by Gasteiger charge is 2.36. The Morgan fingerprint density at radius 3 is 2.22 bits per heavy atom. The van der Waals surface area contributed by atoms with Crippen LogP contribution in [-0.2, 0) is 27.4 Å². The zero-order valence-electron chi connectivity index (χ0n) is 23.6. The molecule has 0 amide bonds. The second-order valence-electron chi connectivity index (χ2n) is 10.5. The molecular formula is C35H41NO5. The number of hydrogen-bond acceptors (Lipinski definition) is 6. The van der Waals surface area contributed by atoms with Gasteiger partial charge in [0.05, 0.1) is 38.6 Å². The molecule has 3 unspecified atom stereocenters. The van der Waals surface area contributed by atoms with Crippen LogP contribution in [0.25, 0.3) is 10.8 Å². The first-order chi connectivity index (χ1) is 20.3. The maximum atomic E-state index is 9.28. The van der Waals surface area contributed by atoms with Gasteiger partial charge < -0.3 is 29.4 Å². The SMILES string of the molecule is OCCCOC1CNCC(OCc2ccc3ccccc3c2)C1c1ccc(OCCCOCc2ccccc2)cc1. The van der Waals surface area contributed by atoms with Gasteiger partial charge in [0.15, 0.2) is 0 Å². The van der Waals surface area contributed by atoms with Crippen molar-refractivity contribution in [2.75, 3.05) is 39.5 Å². The molecule has 4 aromatic carbocycles. The van der Waals surface area contributed by atoms with Crippen molar-refractivity contribution in [3.8, 4) is 5.75 Å². The van der Waals surface area contributed by atoms with Gasteiger partial charge in [0.1, 0.15) is 5.75 Å². The predicted octanol–water partition coefficient (Wildman–Crippen LogP) is 5.87. The first kappa shape index (κ1) is 29.2. The largest absolute Gasteiger partial charge is 0.494 e. The van der Waals surface area contributed by atoms with Crippen molar-refractivity contribution in [1.29, 1.82) is 0 Å². The summed E-state index contributed by atoms with van der Waals surface area (Å²) in [5.74, 6) is 0.910. The van der Waals surface area contributed by atoms with Crippen molar-refractivity contribution >= 4 is 10.8 Å². The van der Waals surface area contributed by atoms with E-state index in [9.17, 15) is 5.11 Å². The number of aliphatic hydroxyl groups excluding tert-OH is 1. The number of ether oxygens (including phenoxy) is 4. The average molecular weight is 556 g/mol. The Morgan fingerprint density at radius 2 is 1.41 bits per heavy atom. The molecule has 0 aliphatic carbocycles. The van der Waals surface area contributed by atoms with Gasteiger partial charge in [-0.2, -0.15) is 0 Å². The first-order valence-corrected chi connectivity index (χ1v) is 14.7. The van der Waals surface area contributed by atoms with Crippen LogP contribution in [-0.4, -0.2) is 56.8 Å². The van der Waals surface area contributed by atoms with Crippen molar-refractivity contribution < 1.29 is 24.1 Å². The topological polar surface area (TPSA) is 69.2 Å². The Labute approximate surface area is 243 Å². The molecule has 0 saturated carbocycles. The van der Waals surface area contributed by atoms with E-state index in [1.165, 1.54) is 21.9 Å². The summed E-state index contributed by atoms with van der Waals surface area (Å²) >= 11 is 0. The molecule has 1 aliphatic heterocycles. The van der Waals surface area contributed by atoms with Gasteiger partial charge in [-0.3, -0.25) is 0 Å². The number of nitrogens with one attached hydrogen (secondary N) is 1. The van der Waals surface area contributed by atoms with E-state index in [1.54, 1.807) is 0 Å². The van der Waals surface area contributed by atoms with Crippen molar-refractivity contribution in [3.63, 3.8) is 0 Å². The molecule has 2 N–H and O–H groups in total. The van der Waals surface area contributed by atoms with Crippen molar-refractivity contribution in [2.24, 2.45) is 0 Å². The molecule has 0 aromatic heterocycles. The normalized spacial score (nSPS) is 18.9. The summed E-state index contributed by atoms with van der Waals surface area (Å²) in [4.78, 5) is 0. The molecule has 0 radical (unpaired) electrons. The average Bonchev–Trinajstić information content (AvgIpc) is 3.02. The van der Waals surface area contributed by atoms with Crippen LogP contribution >= 0.6 is 0 Å². The molecule has 1 heterocycles. The van der Waals surface area contributed by atoms with E-state index in [1.807, 2.05) is 30.3 Å². The molecule has 1 fully saturated rings. The maximum Gasteiger partial charge on any atom is 0.119 e.